The van der Waals surface area contributed by atoms with E-state index in [1.165, 1.54) is 19.7 Å². The van der Waals surface area contributed by atoms with Crippen LogP contribution in [0, 0.1) is 17.8 Å². The summed E-state index contributed by atoms with van der Waals surface area (Å²) >= 11 is 0. The van der Waals surface area contributed by atoms with E-state index in [-0.39, 0.29) is 37.0 Å². The molecule has 0 aromatic heterocycles. The highest BCUT2D eigenvalue weighted by atomic mass is 16.7. The number of carbonyl (C=O) groups excluding carboxylic acids is 3. The molecule has 1 unspecified atom stereocenters. The molecule has 0 bridgehead atoms. The molecule has 0 amide bonds. The SMILES string of the molecule is CO[C@@H]1C(O[C@@H]2O[C@H](C)[C@@H](O[C@H]3C[C@@](C)(O)[C@@H](OC(=O)CC(C)C)[C@H](C)O3)[C@H](N(C)C)[C@H]2O)[C@@H](CCN2CCN(c3ccccc3)CC2)C[C@@H](C)[C@@H](O)/C=C/C[C@@H](C)OC(=O)C[C@H]1OC(C)=O. The van der Waals surface area contributed by atoms with Gasteiger partial charge in [0.25, 0.3) is 0 Å². The van der Waals surface area contributed by atoms with E-state index in [0.717, 1.165) is 26.2 Å². The number of aliphatic hydroxyl groups excluding tert-OH is 2. The molecule has 380 valence electrons. The number of likely N-dealkylation sites (N-methyl/N-ethyl adjacent to an activating group) is 1. The predicted molar refractivity (Wildman–Crippen MR) is 250 cm³/mol. The van der Waals surface area contributed by atoms with Crippen molar-refractivity contribution in [2.24, 2.45) is 17.8 Å². The molecule has 4 heterocycles. The summed E-state index contributed by atoms with van der Waals surface area (Å²) in [4.78, 5) is 45.5. The number of benzene rings is 1. The number of aliphatic hydroxyl groups is 3. The molecule has 0 saturated carbocycles. The Morgan fingerprint density at radius 1 is 0.940 bits per heavy atom. The molecule has 67 heavy (non-hydrogen) atoms. The molecule has 0 radical (unpaired) electrons. The monoisotopic (exact) mass is 948 g/mol. The van der Waals surface area contributed by atoms with Crippen LogP contribution in [0.5, 0.6) is 0 Å². The lowest BCUT2D eigenvalue weighted by Gasteiger charge is -2.50. The normalized spacial score (nSPS) is 37.9. The van der Waals surface area contributed by atoms with Crippen molar-refractivity contribution in [3.8, 4) is 0 Å². The zero-order valence-electron chi connectivity index (χ0n) is 41.7. The summed E-state index contributed by atoms with van der Waals surface area (Å²) in [5, 5.41) is 35.5. The molecule has 0 aliphatic carbocycles. The van der Waals surface area contributed by atoms with Gasteiger partial charge >= 0.3 is 17.9 Å². The second-order valence-electron chi connectivity index (χ2n) is 20.1. The van der Waals surface area contributed by atoms with Crippen LogP contribution in [0.15, 0.2) is 42.5 Å². The van der Waals surface area contributed by atoms with Gasteiger partial charge in [0, 0.05) is 65.2 Å². The van der Waals surface area contributed by atoms with Crippen molar-refractivity contribution >= 4 is 23.6 Å². The number of carbonyl (C=O) groups is 3. The van der Waals surface area contributed by atoms with Gasteiger partial charge in [0.15, 0.2) is 18.7 Å². The van der Waals surface area contributed by atoms with Crippen molar-refractivity contribution in [1.82, 2.24) is 9.80 Å². The van der Waals surface area contributed by atoms with Gasteiger partial charge in [0.05, 0.1) is 36.9 Å². The van der Waals surface area contributed by atoms with Crippen LogP contribution in [-0.4, -0.2) is 182 Å². The maximum absolute atomic E-state index is 13.5. The lowest BCUT2D eigenvalue weighted by atomic mass is 9.82. The molecule has 3 fully saturated rings. The number of para-hydroxylation sites is 1. The average Bonchev–Trinajstić information content (AvgIpc) is 3.24. The highest BCUT2D eigenvalue weighted by molar-refractivity contribution is 5.72. The molecule has 1 aromatic rings. The zero-order chi connectivity index (χ0) is 49.2. The third kappa shape index (κ3) is 15.4. The largest absolute Gasteiger partial charge is 0.462 e. The van der Waals surface area contributed by atoms with E-state index in [2.05, 4.69) is 21.9 Å². The number of nitrogens with zero attached hydrogens (tertiary/aromatic N) is 3. The van der Waals surface area contributed by atoms with E-state index >= 15 is 0 Å². The smallest absolute Gasteiger partial charge is 0.309 e. The van der Waals surface area contributed by atoms with E-state index in [9.17, 15) is 29.7 Å². The third-order valence-corrected chi connectivity index (χ3v) is 13.6. The minimum atomic E-state index is -1.49. The summed E-state index contributed by atoms with van der Waals surface area (Å²) in [6.07, 6.45) is -6.37. The molecular formula is C50H81N3O14. The van der Waals surface area contributed by atoms with Crippen LogP contribution in [0.1, 0.15) is 93.9 Å². The van der Waals surface area contributed by atoms with Crippen molar-refractivity contribution in [3.63, 3.8) is 0 Å². The number of methoxy groups -OCH3 is 1. The summed E-state index contributed by atoms with van der Waals surface area (Å²) in [5.41, 5.74) is -0.310. The minimum absolute atomic E-state index is 0.0189. The Kier molecular flexibility index (Phi) is 20.5. The van der Waals surface area contributed by atoms with Gasteiger partial charge in [0.1, 0.15) is 36.1 Å². The van der Waals surface area contributed by atoms with E-state index in [1.807, 2.05) is 71.0 Å². The van der Waals surface area contributed by atoms with Crippen LogP contribution in [0.25, 0.3) is 0 Å². The average molecular weight is 948 g/mol. The number of hydrogen-bond acceptors (Lipinski definition) is 17. The summed E-state index contributed by atoms with van der Waals surface area (Å²) in [6, 6.07) is 9.59. The Balaban J connectivity index is 1.44. The Bertz CT molecular complexity index is 1730. The fraction of sp³-hybridized carbons (Fsp3) is 0.780. The van der Waals surface area contributed by atoms with Crippen LogP contribution in [-0.2, 0) is 52.3 Å². The first-order valence-electron chi connectivity index (χ1n) is 24.3. The van der Waals surface area contributed by atoms with E-state index in [1.54, 1.807) is 26.8 Å². The highest BCUT2D eigenvalue weighted by Crippen LogP contribution is 2.38. The first-order chi connectivity index (χ1) is 31.7. The fourth-order valence-electron chi connectivity index (χ4n) is 10.1. The molecule has 3 saturated heterocycles. The number of esters is 3. The van der Waals surface area contributed by atoms with Crippen LogP contribution in [0.2, 0.25) is 0 Å². The maximum atomic E-state index is 13.5. The van der Waals surface area contributed by atoms with Crippen LogP contribution in [0.3, 0.4) is 0 Å². The number of anilines is 1. The fourth-order valence-corrected chi connectivity index (χ4v) is 10.1. The number of rotatable bonds is 14. The Morgan fingerprint density at radius 3 is 2.24 bits per heavy atom. The molecule has 4 aliphatic heterocycles. The molecule has 17 heteroatoms. The van der Waals surface area contributed by atoms with E-state index < -0.39 is 103 Å². The number of piperazine rings is 1. The molecule has 17 nitrogen and oxygen atoms in total. The standard InChI is InChI=1S/C50H81N3O14/c1-30(2)26-40(56)65-48-34(6)62-42(29-50(48,8)59)66-45-33(5)63-49(44(58)43(45)51(9)10)67-46-36(20-21-52-22-24-53(25-23-52)37-17-13-12-14-18-37)27-31(3)38(55)19-15-16-32(4)61-41(57)28-39(47(46)60-11)64-35(7)54/h12-15,17-19,30-34,36,38-39,42-49,55,58-59H,16,20-29H2,1-11H3/b19-15+/t31-,32-,33-,34+,36+,38+,39-,42+,43-,44-,45-,46?,47+,48+,49+,50-/m1/s1. The van der Waals surface area contributed by atoms with Gasteiger partial charge in [-0.2, -0.15) is 0 Å². The minimum Gasteiger partial charge on any atom is -0.462 e. The van der Waals surface area contributed by atoms with E-state index in [4.69, 9.17) is 37.9 Å². The molecular weight excluding hydrogens is 867 g/mol. The molecule has 5 rings (SSSR count). The summed E-state index contributed by atoms with van der Waals surface area (Å²) in [6.45, 7) is 17.9. The van der Waals surface area contributed by atoms with Gasteiger partial charge < -0.3 is 63.0 Å². The van der Waals surface area contributed by atoms with Crippen molar-refractivity contribution in [2.45, 2.75) is 179 Å². The van der Waals surface area contributed by atoms with Crippen molar-refractivity contribution in [2.75, 3.05) is 58.8 Å². The number of hydrogen-bond donors (Lipinski definition) is 3. The van der Waals surface area contributed by atoms with Crippen molar-refractivity contribution < 1.29 is 67.6 Å². The topological polar surface area (TPSA) is 195 Å². The number of cyclic esters (lactones) is 1. The first-order valence-corrected chi connectivity index (χ1v) is 24.3. The summed E-state index contributed by atoms with van der Waals surface area (Å²) < 4.78 is 50.0. The zero-order valence-corrected chi connectivity index (χ0v) is 41.7. The Labute approximate surface area is 398 Å². The summed E-state index contributed by atoms with van der Waals surface area (Å²) in [7, 11) is 5.09. The third-order valence-electron chi connectivity index (χ3n) is 13.6. The van der Waals surface area contributed by atoms with Gasteiger partial charge in [-0.3, -0.25) is 19.3 Å². The summed E-state index contributed by atoms with van der Waals surface area (Å²) in [5.74, 6) is -2.22. The second-order valence-corrected chi connectivity index (χ2v) is 20.1. The lowest BCUT2D eigenvalue weighted by Crippen LogP contribution is -2.66. The van der Waals surface area contributed by atoms with Crippen LogP contribution >= 0.6 is 0 Å². The van der Waals surface area contributed by atoms with Gasteiger partial charge in [-0.05, 0) is 91.1 Å². The molecule has 1 aromatic carbocycles. The van der Waals surface area contributed by atoms with Gasteiger partial charge in [-0.15, -0.1) is 0 Å². The first kappa shape index (κ1) is 54.7. The van der Waals surface area contributed by atoms with Crippen molar-refractivity contribution in [1.29, 1.82) is 0 Å². The highest BCUT2D eigenvalue weighted by Gasteiger charge is 2.53. The number of ether oxygens (including phenoxy) is 8. The van der Waals surface area contributed by atoms with Gasteiger partial charge in [0.2, 0.25) is 0 Å². The van der Waals surface area contributed by atoms with E-state index in [0.29, 0.717) is 25.8 Å². The quantitative estimate of drug-likeness (QED) is 0.137. The second kappa shape index (κ2) is 25.1. The molecule has 3 N–H and O–H groups in total. The van der Waals surface area contributed by atoms with Gasteiger partial charge in [-0.25, -0.2) is 0 Å². The van der Waals surface area contributed by atoms with Gasteiger partial charge in [-0.1, -0.05) is 51.1 Å². The molecule has 16 atom stereocenters. The Morgan fingerprint density at radius 2 is 1.63 bits per heavy atom. The Hall–Kier alpha value is -3.23. The van der Waals surface area contributed by atoms with Crippen molar-refractivity contribution in [3.05, 3.63) is 42.5 Å². The lowest BCUT2D eigenvalue weighted by molar-refractivity contribution is -0.344. The molecule has 4 aliphatic rings. The maximum Gasteiger partial charge on any atom is 0.309 e. The molecule has 0 spiro atoms. The van der Waals surface area contributed by atoms with Crippen LogP contribution < -0.4 is 4.90 Å². The van der Waals surface area contributed by atoms with Crippen LogP contribution in [0.4, 0.5) is 5.69 Å². The predicted octanol–water partition coefficient (Wildman–Crippen LogP) is 4.08.